The minimum atomic E-state index is -0.121. The van der Waals surface area contributed by atoms with Gasteiger partial charge in [0.2, 0.25) is 0 Å². The summed E-state index contributed by atoms with van der Waals surface area (Å²) in [6.07, 6.45) is 2.51. The molecule has 1 fully saturated rings. The van der Waals surface area contributed by atoms with E-state index in [-0.39, 0.29) is 5.91 Å². The molecule has 2 aromatic carbocycles. The van der Waals surface area contributed by atoms with Crippen LogP contribution in [-0.2, 0) is 6.54 Å². The molecule has 0 saturated carbocycles. The zero-order valence-electron chi connectivity index (χ0n) is 16.5. The van der Waals surface area contributed by atoms with Crippen LogP contribution in [0.2, 0.25) is 0 Å². The highest BCUT2D eigenvalue weighted by Crippen LogP contribution is 2.24. The summed E-state index contributed by atoms with van der Waals surface area (Å²) in [5, 5.41) is 3.10. The van der Waals surface area contributed by atoms with Crippen LogP contribution in [0.5, 0.6) is 0 Å². The molecule has 0 unspecified atom stereocenters. The molecule has 0 radical (unpaired) electrons. The van der Waals surface area contributed by atoms with Crippen LogP contribution in [0, 0.1) is 6.92 Å². The van der Waals surface area contributed by atoms with Crippen molar-refractivity contribution in [1.29, 1.82) is 0 Å². The van der Waals surface area contributed by atoms with Crippen molar-refractivity contribution in [3.8, 4) is 11.3 Å². The van der Waals surface area contributed by atoms with E-state index in [2.05, 4.69) is 37.2 Å². The maximum absolute atomic E-state index is 13.0. The summed E-state index contributed by atoms with van der Waals surface area (Å²) in [4.78, 5) is 20.1. The van der Waals surface area contributed by atoms with Gasteiger partial charge in [0.15, 0.2) is 0 Å². The highest BCUT2D eigenvalue weighted by molar-refractivity contribution is 9.10. The molecule has 4 nitrogen and oxygen atoms in total. The summed E-state index contributed by atoms with van der Waals surface area (Å²) in [5.74, 6) is -0.121. The maximum atomic E-state index is 13.0. The molecule has 0 atom stereocenters. The number of hydrogen-bond acceptors (Lipinski definition) is 3. The quantitative estimate of drug-likeness (QED) is 0.545. The van der Waals surface area contributed by atoms with E-state index in [9.17, 15) is 4.79 Å². The number of carbonyl (C=O) groups is 1. The first kappa shape index (κ1) is 19.8. The zero-order chi connectivity index (χ0) is 20.2. The van der Waals surface area contributed by atoms with E-state index >= 15 is 0 Å². The number of aryl methyl sites for hydroxylation is 1. The number of likely N-dealkylation sites (tertiary alicyclic amines) is 1. The molecular weight excluding hydrogens is 426 g/mol. The standard InChI is InChI=1S/C24H24BrN3O/c1-17-21(11-12-23(26-17)18-8-6-9-20(25)15-18)24(29)27-22-10-3-2-7-19(22)16-28-13-4-5-14-28/h2-3,6-12,15H,4-5,13-14,16H2,1H3,(H,27,29). The van der Waals surface area contributed by atoms with Crippen LogP contribution in [0.25, 0.3) is 11.3 Å². The van der Waals surface area contributed by atoms with Crippen LogP contribution in [0.1, 0.15) is 34.5 Å². The minimum Gasteiger partial charge on any atom is -0.322 e. The smallest absolute Gasteiger partial charge is 0.257 e. The van der Waals surface area contributed by atoms with Gasteiger partial charge in [0.1, 0.15) is 0 Å². The van der Waals surface area contributed by atoms with Crippen LogP contribution in [-0.4, -0.2) is 28.9 Å². The molecular formula is C24H24BrN3O. The van der Waals surface area contributed by atoms with Gasteiger partial charge in [0.25, 0.3) is 5.91 Å². The fourth-order valence-electron chi connectivity index (χ4n) is 3.76. The van der Waals surface area contributed by atoms with E-state index in [0.717, 1.165) is 52.3 Å². The lowest BCUT2D eigenvalue weighted by atomic mass is 10.1. The average Bonchev–Trinajstić information content (AvgIpc) is 3.22. The second-order valence-corrected chi connectivity index (χ2v) is 8.35. The third-order valence-electron chi connectivity index (χ3n) is 5.31. The number of amides is 1. The molecule has 0 spiro atoms. The topological polar surface area (TPSA) is 45.2 Å². The van der Waals surface area contributed by atoms with Gasteiger partial charge in [-0.05, 0) is 68.8 Å². The molecule has 1 aromatic heterocycles. The van der Waals surface area contributed by atoms with Crippen LogP contribution >= 0.6 is 15.9 Å². The molecule has 148 valence electrons. The number of aromatic nitrogens is 1. The number of anilines is 1. The second kappa shape index (κ2) is 8.89. The summed E-state index contributed by atoms with van der Waals surface area (Å²) < 4.78 is 1.01. The Hall–Kier alpha value is -2.50. The number of benzene rings is 2. The van der Waals surface area contributed by atoms with Crippen LogP contribution in [0.3, 0.4) is 0 Å². The van der Waals surface area contributed by atoms with Crippen molar-refractivity contribution >= 4 is 27.5 Å². The Labute approximate surface area is 180 Å². The number of rotatable bonds is 5. The highest BCUT2D eigenvalue weighted by Gasteiger charge is 2.16. The van der Waals surface area contributed by atoms with Gasteiger partial charge >= 0.3 is 0 Å². The third-order valence-corrected chi connectivity index (χ3v) is 5.80. The number of para-hydroxylation sites is 1. The van der Waals surface area contributed by atoms with Crippen LogP contribution in [0.4, 0.5) is 5.69 Å². The van der Waals surface area contributed by atoms with E-state index in [4.69, 9.17) is 0 Å². The molecule has 1 N–H and O–H groups in total. The van der Waals surface area contributed by atoms with Crippen molar-refractivity contribution in [2.24, 2.45) is 0 Å². The maximum Gasteiger partial charge on any atom is 0.257 e. The number of pyridine rings is 1. The second-order valence-electron chi connectivity index (χ2n) is 7.43. The first-order chi connectivity index (χ1) is 14.1. The van der Waals surface area contributed by atoms with E-state index in [0.29, 0.717) is 5.56 Å². The Kier molecular flexibility index (Phi) is 6.07. The predicted octanol–water partition coefficient (Wildman–Crippen LogP) is 5.67. The van der Waals surface area contributed by atoms with Crippen molar-refractivity contribution in [2.75, 3.05) is 18.4 Å². The van der Waals surface area contributed by atoms with E-state index < -0.39 is 0 Å². The van der Waals surface area contributed by atoms with E-state index in [1.807, 2.05) is 61.5 Å². The molecule has 4 rings (SSSR count). The lowest BCUT2D eigenvalue weighted by Crippen LogP contribution is -2.21. The van der Waals surface area contributed by atoms with Gasteiger partial charge in [-0.25, -0.2) is 0 Å². The van der Waals surface area contributed by atoms with Crippen LogP contribution < -0.4 is 5.32 Å². The summed E-state index contributed by atoms with van der Waals surface area (Å²) in [7, 11) is 0. The zero-order valence-corrected chi connectivity index (χ0v) is 18.1. The highest BCUT2D eigenvalue weighted by atomic mass is 79.9. The van der Waals surface area contributed by atoms with Crippen molar-refractivity contribution in [1.82, 2.24) is 9.88 Å². The Morgan fingerprint density at radius 1 is 1.07 bits per heavy atom. The number of nitrogens with zero attached hydrogens (tertiary/aromatic N) is 2. The molecule has 0 aliphatic carbocycles. The molecule has 2 heterocycles. The summed E-state index contributed by atoms with van der Waals surface area (Å²) in [6, 6.07) is 19.8. The van der Waals surface area contributed by atoms with E-state index in [1.165, 1.54) is 12.8 Å². The van der Waals surface area contributed by atoms with Gasteiger partial charge in [0.05, 0.1) is 17.0 Å². The number of hydrogen-bond donors (Lipinski definition) is 1. The van der Waals surface area contributed by atoms with E-state index in [1.54, 1.807) is 0 Å². The molecule has 3 aromatic rings. The third kappa shape index (κ3) is 4.74. The number of carbonyl (C=O) groups excluding carboxylic acids is 1. The normalized spacial score (nSPS) is 14.1. The first-order valence-electron chi connectivity index (χ1n) is 9.95. The van der Waals surface area contributed by atoms with Gasteiger partial charge in [-0.15, -0.1) is 0 Å². The molecule has 1 aliphatic heterocycles. The summed E-state index contributed by atoms with van der Waals surface area (Å²) in [6.45, 7) is 5.01. The van der Waals surface area contributed by atoms with Crippen LogP contribution in [0.15, 0.2) is 65.1 Å². The van der Waals surface area contributed by atoms with Gasteiger partial charge in [-0.1, -0.05) is 46.3 Å². The largest absolute Gasteiger partial charge is 0.322 e. The first-order valence-corrected chi connectivity index (χ1v) is 10.7. The van der Waals surface area contributed by atoms with Gasteiger partial charge < -0.3 is 5.32 Å². The Morgan fingerprint density at radius 3 is 2.62 bits per heavy atom. The molecule has 1 amide bonds. The van der Waals surface area contributed by atoms with Gasteiger partial charge in [-0.3, -0.25) is 14.7 Å². The van der Waals surface area contributed by atoms with Crippen molar-refractivity contribution in [2.45, 2.75) is 26.3 Å². The molecule has 0 bridgehead atoms. The summed E-state index contributed by atoms with van der Waals surface area (Å²) >= 11 is 3.50. The predicted molar refractivity (Wildman–Crippen MR) is 121 cm³/mol. The lowest BCUT2D eigenvalue weighted by Gasteiger charge is -2.18. The lowest BCUT2D eigenvalue weighted by molar-refractivity contribution is 0.102. The van der Waals surface area contributed by atoms with Crippen molar-refractivity contribution in [3.63, 3.8) is 0 Å². The summed E-state index contributed by atoms with van der Waals surface area (Å²) in [5.41, 5.74) is 5.22. The SMILES string of the molecule is Cc1nc(-c2cccc(Br)c2)ccc1C(=O)Nc1ccccc1CN1CCCC1. The Morgan fingerprint density at radius 2 is 1.86 bits per heavy atom. The molecule has 1 aliphatic rings. The fraction of sp³-hybridized carbons (Fsp3) is 0.250. The van der Waals surface area contributed by atoms with Gasteiger partial charge in [0, 0.05) is 22.3 Å². The van der Waals surface area contributed by atoms with Gasteiger partial charge in [-0.2, -0.15) is 0 Å². The van der Waals surface area contributed by atoms with Crippen molar-refractivity contribution < 1.29 is 4.79 Å². The Bertz CT molecular complexity index is 1030. The average molecular weight is 450 g/mol. The molecule has 1 saturated heterocycles. The van der Waals surface area contributed by atoms with Crippen molar-refractivity contribution in [3.05, 3.63) is 82.0 Å². The molecule has 5 heteroatoms. The number of halogens is 1. The minimum absolute atomic E-state index is 0.121. The monoisotopic (exact) mass is 449 g/mol. The Balaban J connectivity index is 1.53. The fourth-order valence-corrected chi connectivity index (χ4v) is 4.16. The molecule has 29 heavy (non-hydrogen) atoms. The number of nitrogens with one attached hydrogen (secondary N) is 1.